The second kappa shape index (κ2) is 4.74. The molecule has 0 aromatic carbocycles. The van der Waals surface area contributed by atoms with Gasteiger partial charge in [0.05, 0.1) is 0 Å². The highest BCUT2D eigenvalue weighted by atomic mass is 16.1. The second-order valence-corrected chi connectivity index (χ2v) is 1.31. The molecule has 0 spiro atoms. The largest absolute Gasteiger partial charge is 0.285 e. The predicted octanol–water partition coefficient (Wildman–Crippen LogP) is 0.107. The molecule has 0 atom stereocenters. The number of hydrogen-bond donors (Lipinski definition) is 1. The van der Waals surface area contributed by atoms with Gasteiger partial charge in [-0.3, -0.25) is 10.1 Å². The smallest absolute Gasteiger partial charge is 0.228 e. The molecule has 46 valence electrons. The van der Waals surface area contributed by atoms with E-state index < -0.39 is 0 Å². The van der Waals surface area contributed by atoms with Gasteiger partial charge in [-0.05, 0) is 12.8 Å². The van der Waals surface area contributed by atoms with Crippen molar-refractivity contribution in [2.45, 2.75) is 13.8 Å². The van der Waals surface area contributed by atoms with Crippen LogP contribution in [0.5, 0.6) is 0 Å². The molecule has 0 aromatic rings. The maximum atomic E-state index is 10.1. The number of hydrogen-bond acceptors (Lipinski definition) is 1. The Balaban J connectivity index is 3.59. The number of amides is 1. The zero-order valence-electron chi connectivity index (χ0n) is 5.41. The van der Waals surface area contributed by atoms with Crippen molar-refractivity contribution in [2.24, 2.45) is 0 Å². The standard InChI is InChI=1S/C7H7NO/c1-3-4-5-6-8-7(2)9/h1-2H3,(H,8,9). The van der Waals surface area contributed by atoms with E-state index in [2.05, 4.69) is 29.1 Å². The Hall–Kier alpha value is -1.41. The number of rotatable bonds is 0. The minimum atomic E-state index is -0.166. The molecule has 2 nitrogen and oxygen atoms in total. The third-order valence-electron chi connectivity index (χ3n) is 0.489. The normalized spacial score (nSPS) is 5.56. The first kappa shape index (κ1) is 7.59. The van der Waals surface area contributed by atoms with Gasteiger partial charge in [0.25, 0.3) is 0 Å². The topological polar surface area (TPSA) is 29.1 Å². The first-order chi connectivity index (χ1) is 4.27. The molecule has 0 radical (unpaired) electrons. The minimum absolute atomic E-state index is 0.166. The summed E-state index contributed by atoms with van der Waals surface area (Å²) in [5.74, 6) is 7.30. The van der Waals surface area contributed by atoms with E-state index in [1.54, 1.807) is 6.92 Å². The van der Waals surface area contributed by atoms with E-state index in [1.165, 1.54) is 6.92 Å². The third-order valence-corrected chi connectivity index (χ3v) is 0.489. The van der Waals surface area contributed by atoms with Crippen molar-refractivity contribution in [3.8, 4) is 23.8 Å². The maximum Gasteiger partial charge on any atom is 0.228 e. The number of carbonyl (C=O) groups is 1. The average Bonchev–Trinajstić information content (AvgIpc) is 1.80. The zero-order valence-corrected chi connectivity index (χ0v) is 5.41. The first-order valence-electron chi connectivity index (χ1n) is 2.45. The van der Waals surface area contributed by atoms with E-state index >= 15 is 0 Å². The first-order valence-corrected chi connectivity index (χ1v) is 2.45. The second-order valence-electron chi connectivity index (χ2n) is 1.31. The van der Waals surface area contributed by atoms with E-state index in [1.807, 2.05) is 0 Å². The Morgan fingerprint density at radius 2 is 2.11 bits per heavy atom. The van der Waals surface area contributed by atoms with Crippen molar-refractivity contribution in [3.05, 3.63) is 0 Å². The van der Waals surface area contributed by atoms with Crippen LogP contribution in [0.1, 0.15) is 13.8 Å². The summed E-state index contributed by atoms with van der Waals surface area (Å²) in [4.78, 5) is 10.1. The molecule has 0 aliphatic heterocycles. The fourth-order valence-corrected chi connectivity index (χ4v) is 0.213. The van der Waals surface area contributed by atoms with E-state index in [4.69, 9.17) is 0 Å². The lowest BCUT2D eigenvalue weighted by atomic mass is 10.6. The van der Waals surface area contributed by atoms with Gasteiger partial charge in [-0.2, -0.15) is 0 Å². The Bertz CT molecular complexity index is 209. The van der Waals surface area contributed by atoms with Gasteiger partial charge >= 0.3 is 0 Å². The van der Waals surface area contributed by atoms with Crippen LogP contribution in [0, 0.1) is 23.8 Å². The fourth-order valence-electron chi connectivity index (χ4n) is 0.213. The number of carbonyl (C=O) groups excluding carboxylic acids is 1. The summed E-state index contributed by atoms with van der Waals surface area (Å²) < 4.78 is 0. The van der Waals surface area contributed by atoms with Crippen LogP contribution in [0.3, 0.4) is 0 Å². The van der Waals surface area contributed by atoms with Gasteiger partial charge < -0.3 is 0 Å². The van der Waals surface area contributed by atoms with Crippen LogP contribution in [0.2, 0.25) is 0 Å². The highest BCUT2D eigenvalue weighted by Crippen LogP contribution is 1.54. The molecule has 0 saturated carbocycles. The molecule has 1 amide bonds. The summed E-state index contributed by atoms with van der Waals surface area (Å²) in [5, 5.41) is 2.28. The molecule has 2 heteroatoms. The third kappa shape index (κ3) is 6.59. The fraction of sp³-hybridized carbons (Fsp3) is 0.286. The molecule has 0 heterocycles. The van der Waals surface area contributed by atoms with E-state index in [0.29, 0.717) is 0 Å². The molecule has 0 fully saturated rings. The van der Waals surface area contributed by atoms with Crippen molar-refractivity contribution in [1.82, 2.24) is 5.32 Å². The van der Waals surface area contributed by atoms with Crippen LogP contribution in [0.15, 0.2) is 0 Å². The molecule has 0 unspecified atom stereocenters. The van der Waals surface area contributed by atoms with Crippen LogP contribution >= 0.6 is 0 Å². The summed E-state index contributed by atoms with van der Waals surface area (Å²) in [6, 6.07) is 2.36. The van der Waals surface area contributed by atoms with Crippen LogP contribution in [-0.2, 0) is 4.79 Å². The van der Waals surface area contributed by atoms with Crippen LogP contribution in [-0.4, -0.2) is 5.91 Å². The Morgan fingerprint density at radius 3 is 2.56 bits per heavy atom. The zero-order chi connectivity index (χ0) is 7.11. The van der Waals surface area contributed by atoms with Gasteiger partial charge in [0.2, 0.25) is 5.91 Å². The average molecular weight is 121 g/mol. The molecule has 0 aliphatic rings. The molecule has 0 saturated heterocycles. The quantitative estimate of drug-likeness (QED) is 0.357. The summed E-state index contributed by atoms with van der Waals surface area (Å²) in [7, 11) is 0. The van der Waals surface area contributed by atoms with E-state index in [9.17, 15) is 4.79 Å². The number of nitrogens with one attached hydrogen (secondary N) is 1. The predicted molar refractivity (Wildman–Crippen MR) is 35.0 cm³/mol. The molecule has 1 N–H and O–H groups in total. The van der Waals surface area contributed by atoms with Crippen LogP contribution < -0.4 is 5.32 Å². The lowest BCUT2D eigenvalue weighted by Gasteiger charge is -1.80. The van der Waals surface area contributed by atoms with Crippen molar-refractivity contribution in [3.63, 3.8) is 0 Å². The lowest BCUT2D eigenvalue weighted by molar-refractivity contribution is -0.117. The van der Waals surface area contributed by atoms with E-state index in [0.717, 1.165) is 0 Å². The van der Waals surface area contributed by atoms with Gasteiger partial charge in [0.15, 0.2) is 0 Å². The molecule has 0 aromatic heterocycles. The summed E-state index contributed by atoms with van der Waals surface area (Å²) in [6.07, 6.45) is 0. The van der Waals surface area contributed by atoms with Gasteiger partial charge in [0.1, 0.15) is 0 Å². The van der Waals surface area contributed by atoms with Gasteiger partial charge in [-0.15, -0.1) is 0 Å². The van der Waals surface area contributed by atoms with Gasteiger partial charge in [0, 0.05) is 18.9 Å². The van der Waals surface area contributed by atoms with E-state index in [-0.39, 0.29) is 5.91 Å². The molecular formula is C7H7NO. The summed E-state index contributed by atoms with van der Waals surface area (Å²) in [5.41, 5.74) is 0. The molecular weight excluding hydrogens is 114 g/mol. The van der Waals surface area contributed by atoms with Gasteiger partial charge in [-0.25, -0.2) is 0 Å². The Labute approximate surface area is 54.6 Å². The molecule has 9 heavy (non-hydrogen) atoms. The van der Waals surface area contributed by atoms with Gasteiger partial charge in [-0.1, -0.05) is 5.92 Å². The Kier molecular flexibility index (Phi) is 4.00. The van der Waals surface area contributed by atoms with Crippen molar-refractivity contribution in [1.29, 1.82) is 0 Å². The van der Waals surface area contributed by atoms with Crippen molar-refractivity contribution < 1.29 is 4.79 Å². The maximum absolute atomic E-state index is 10.1. The lowest BCUT2D eigenvalue weighted by Crippen LogP contribution is -2.11. The monoisotopic (exact) mass is 121 g/mol. The summed E-state index contributed by atoms with van der Waals surface area (Å²) >= 11 is 0. The highest BCUT2D eigenvalue weighted by molar-refractivity contribution is 5.74. The molecule has 0 rings (SSSR count). The molecule has 0 aliphatic carbocycles. The van der Waals surface area contributed by atoms with Crippen LogP contribution in [0.25, 0.3) is 0 Å². The van der Waals surface area contributed by atoms with Crippen LogP contribution in [0.4, 0.5) is 0 Å². The highest BCUT2D eigenvalue weighted by Gasteiger charge is 1.78. The van der Waals surface area contributed by atoms with Crippen molar-refractivity contribution >= 4 is 5.91 Å². The Morgan fingerprint density at radius 1 is 1.44 bits per heavy atom. The van der Waals surface area contributed by atoms with Crippen molar-refractivity contribution in [2.75, 3.05) is 0 Å². The molecule has 0 bridgehead atoms. The SMILES string of the molecule is CC#CC#CNC(C)=O. The summed E-state index contributed by atoms with van der Waals surface area (Å²) in [6.45, 7) is 3.08. The minimum Gasteiger partial charge on any atom is -0.285 e.